The Morgan fingerprint density at radius 2 is 1.93 bits per heavy atom. The topological polar surface area (TPSA) is 62.2 Å². The number of halogens is 1. The number of hydrogen-bond donors (Lipinski definition) is 2. The van der Waals surface area contributed by atoms with E-state index in [2.05, 4.69) is 23.5 Å². The summed E-state index contributed by atoms with van der Waals surface area (Å²) in [7, 11) is 0. The monoisotopic (exact) mass is 412 g/mol. The molecule has 0 bridgehead atoms. The van der Waals surface area contributed by atoms with Crippen LogP contribution in [-0.4, -0.2) is 22.5 Å². The lowest BCUT2D eigenvalue weighted by Gasteiger charge is -2.26. The zero-order chi connectivity index (χ0) is 19.5. The lowest BCUT2D eigenvalue weighted by molar-refractivity contribution is -0.126. The first-order valence-electron chi connectivity index (χ1n) is 9.33. The molecule has 2 N–H and O–H groups in total. The first-order chi connectivity index (χ1) is 13.6. The molecule has 0 saturated carbocycles. The van der Waals surface area contributed by atoms with Crippen molar-refractivity contribution < 1.29 is 9.90 Å². The van der Waals surface area contributed by atoms with Gasteiger partial charge in [0.25, 0.3) is 0 Å². The molecule has 0 saturated heterocycles. The van der Waals surface area contributed by atoms with Crippen molar-refractivity contribution in [1.29, 1.82) is 0 Å². The lowest BCUT2D eigenvalue weighted by Crippen LogP contribution is -2.37. The van der Waals surface area contributed by atoms with Crippen molar-refractivity contribution in [3.8, 4) is 0 Å². The van der Waals surface area contributed by atoms with Crippen molar-refractivity contribution in [3.63, 3.8) is 0 Å². The summed E-state index contributed by atoms with van der Waals surface area (Å²) < 4.78 is 1.14. The maximum atomic E-state index is 12.9. The first-order valence-corrected chi connectivity index (χ1v) is 10.5. The molecule has 28 heavy (non-hydrogen) atoms. The minimum Gasteiger partial charge on any atom is -0.387 e. The molecule has 0 spiro atoms. The largest absolute Gasteiger partial charge is 0.387 e. The summed E-state index contributed by atoms with van der Waals surface area (Å²) in [4.78, 5) is 17.6. The van der Waals surface area contributed by atoms with Gasteiger partial charge in [0.1, 0.15) is 0 Å². The molecule has 1 heterocycles. The van der Waals surface area contributed by atoms with E-state index in [0.717, 1.165) is 27.2 Å². The molecule has 3 unspecified atom stereocenters. The van der Waals surface area contributed by atoms with E-state index in [4.69, 9.17) is 16.6 Å². The van der Waals surface area contributed by atoms with Gasteiger partial charge in [-0.15, -0.1) is 11.3 Å². The summed E-state index contributed by atoms with van der Waals surface area (Å²) in [6, 6.07) is 15.1. The van der Waals surface area contributed by atoms with Crippen LogP contribution in [0.1, 0.15) is 35.4 Å². The number of carbonyl (C=O) groups is 1. The van der Waals surface area contributed by atoms with E-state index in [1.54, 1.807) is 35.6 Å². The van der Waals surface area contributed by atoms with E-state index in [1.165, 1.54) is 0 Å². The molecule has 4 rings (SSSR count). The summed E-state index contributed by atoms with van der Waals surface area (Å²) in [5, 5.41) is 14.9. The van der Waals surface area contributed by atoms with E-state index in [1.807, 2.05) is 18.2 Å². The lowest BCUT2D eigenvalue weighted by atomic mass is 9.82. The highest BCUT2D eigenvalue weighted by atomic mass is 35.5. The number of thiazole rings is 1. The Bertz CT molecular complexity index is 966. The predicted molar refractivity (Wildman–Crippen MR) is 114 cm³/mol. The molecule has 6 heteroatoms. The fourth-order valence-corrected chi connectivity index (χ4v) is 4.83. The van der Waals surface area contributed by atoms with Crippen LogP contribution in [0, 0.1) is 5.92 Å². The van der Waals surface area contributed by atoms with Gasteiger partial charge in [-0.3, -0.25) is 4.79 Å². The molecule has 1 amide bonds. The second kappa shape index (κ2) is 8.43. The number of hydrogen-bond acceptors (Lipinski definition) is 4. The molecule has 144 valence electrons. The number of aliphatic hydroxyl groups is 1. The molecule has 0 radical (unpaired) electrons. The summed E-state index contributed by atoms with van der Waals surface area (Å²) in [5.41, 5.74) is 1.71. The Kier molecular flexibility index (Phi) is 5.76. The van der Waals surface area contributed by atoms with E-state index < -0.39 is 6.10 Å². The highest BCUT2D eigenvalue weighted by molar-refractivity contribution is 7.18. The number of nitrogens with zero attached hydrogens (tertiary/aromatic N) is 1. The molecule has 3 aromatic rings. The number of allylic oxidation sites excluding steroid dienone is 2. The highest BCUT2D eigenvalue weighted by Crippen LogP contribution is 2.38. The van der Waals surface area contributed by atoms with Gasteiger partial charge in [0.15, 0.2) is 0 Å². The van der Waals surface area contributed by atoms with Crippen LogP contribution < -0.4 is 5.32 Å². The normalized spacial score (nSPS) is 20.2. The number of aromatic nitrogens is 1. The van der Waals surface area contributed by atoms with Gasteiger partial charge < -0.3 is 10.4 Å². The van der Waals surface area contributed by atoms with Crippen molar-refractivity contribution in [1.82, 2.24) is 10.3 Å². The number of benzene rings is 2. The SMILES string of the molecule is O=C(NCC(O)c1ccc(Cl)cc1)C1CC=CCC1c1nc2ccccc2s1. The minimum atomic E-state index is -0.763. The van der Waals surface area contributed by atoms with Crippen LogP contribution in [0.3, 0.4) is 0 Å². The number of rotatable bonds is 5. The third-order valence-corrected chi connectivity index (χ3v) is 6.54. The Balaban J connectivity index is 1.45. The van der Waals surface area contributed by atoms with Crippen LogP contribution >= 0.6 is 22.9 Å². The van der Waals surface area contributed by atoms with Crippen LogP contribution in [0.15, 0.2) is 60.7 Å². The van der Waals surface area contributed by atoms with E-state index in [9.17, 15) is 9.90 Å². The Labute approximate surface area is 172 Å². The van der Waals surface area contributed by atoms with Gasteiger partial charge in [-0.25, -0.2) is 4.98 Å². The van der Waals surface area contributed by atoms with Gasteiger partial charge in [-0.05, 0) is 42.7 Å². The Morgan fingerprint density at radius 1 is 1.18 bits per heavy atom. The van der Waals surface area contributed by atoms with Crippen molar-refractivity contribution in [2.24, 2.45) is 5.92 Å². The number of nitrogens with one attached hydrogen (secondary N) is 1. The molecular formula is C22H21ClN2O2S. The van der Waals surface area contributed by atoms with Crippen LogP contribution in [0.2, 0.25) is 5.02 Å². The fraction of sp³-hybridized carbons (Fsp3) is 0.273. The van der Waals surface area contributed by atoms with Gasteiger partial charge in [0, 0.05) is 17.5 Å². The summed E-state index contributed by atoms with van der Waals surface area (Å²) >= 11 is 7.55. The zero-order valence-corrected chi connectivity index (χ0v) is 16.8. The van der Waals surface area contributed by atoms with Crippen molar-refractivity contribution in [2.75, 3.05) is 6.54 Å². The molecule has 0 fully saturated rings. The minimum absolute atomic E-state index is 0.0402. The Hall–Kier alpha value is -2.21. The third-order valence-electron chi connectivity index (χ3n) is 5.12. The van der Waals surface area contributed by atoms with Gasteiger partial charge in [0.2, 0.25) is 5.91 Å². The van der Waals surface area contributed by atoms with Crippen molar-refractivity contribution in [2.45, 2.75) is 24.9 Å². The van der Waals surface area contributed by atoms with Gasteiger partial charge in [-0.2, -0.15) is 0 Å². The maximum absolute atomic E-state index is 12.9. The number of carbonyl (C=O) groups excluding carboxylic acids is 1. The molecule has 2 aromatic carbocycles. The van der Waals surface area contributed by atoms with Crippen molar-refractivity contribution in [3.05, 3.63) is 76.3 Å². The smallest absolute Gasteiger partial charge is 0.224 e. The van der Waals surface area contributed by atoms with Gasteiger partial charge in [0.05, 0.1) is 27.2 Å². The van der Waals surface area contributed by atoms with Crippen LogP contribution in [0.4, 0.5) is 0 Å². The molecule has 1 aliphatic rings. The molecular weight excluding hydrogens is 392 g/mol. The van der Waals surface area contributed by atoms with E-state index in [-0.39, 0.29) is 24.3 Å². The molecule has 1 aromatic heterocycles. The standard InChI is InChI=1S/C22H21ClN2O2S/c23-15-11-9-14(10-12-15)19(26)13-24-21(27)16-5-1-2-6-17(16)22-25-18-7-3-4-8-20(18)28-22/h1-4,7-12,16-17,19,26H,5-6,13H2,(H,24,27). The van der Waals surface area contributed by atoms with E-state index in [0.29, 0.717) is 11.4 Å². The number of amides is 1. The number of aliphatic hydroxyl groups excluding tert-OH is 1. The first kappa shape index (κ1) is 19.1. The molecule has 4 nitrogen and oxygen atoms in total. The predicted octanol–water partition coefficient (Wildman–Crippen LogP) is 4.85. The number of fused-ring (bicyclic) bond motifs is 1. The summed E-state index contributed by atoms with van der Waals surface area (Å²) in [5.74, 6) is -0.153. The van der Waals surface area contributed by atoms with Gasteiger partial charge >= 0.3 is 0 Å². The summed E-state index contributed by atoms with van der Waals surface area (Å²) in [6.45, 7) is 0.174. The third kappa shape index (κ3) is 4.12. The second-order valence-electron chi connectivity index (χ2n) is 6.99. The molecule has 0 aliphatic heterocycles. The molecule has 1 aliphatic carbocycles. The van der Waals surface area contributed by atoms with E-state index >= 15 is 0 Å². The average molecular weight is 413 g/mol. The zero-order valence-electron chi connectivity index (χ0n) is 15.2. The second-order valence-corrected chi connectivity index (χ2v) is 8.49. The van der Waals surface area contributed by atoms with Crippen LogP contribution in [-0.2, 0) is 4.79 Å². The maximum Gasteiger partial charge on any atom is 0.224 e. The fourth-order valence-electron chi connectivity index (χ4n) is 3.56. The van der Waals surface area contributed by atoms with Crippen molar-refractivity contribution >= 4 is 39.1 Å². The van der Waals surface area contributed by atoms with Crippen LogP contribution in [0.5, 0.6) is 0 Å². The quantitative estimate of drug-likeness (QED) is 0.589. The number of para-hydroxylation sites is 1. The Morgan fingerprint density at radius 3 is 2.71 bits per heavy atom. The summed E-state index contributed by atoms with van der Waals surface area (Å²) in [6.07, 6.45) is 4.91. The molecule has 3 atom stereocenters. The van der Waals surface area contributed by atoms with Gasteiger partial charge in [-0.1, -0.05) is 48.0 Å². The average Bonchev–Trinajstić information content (AvgIpc) is 3.16. The highest BCUT2D eigenvalue weighted by Gasteiger charge is 2.32. The van der Waals surface area contributed by atoms with Crippen LogP contribution in [0.25, 0.3) is 10.2 Å².